The number of aromatic nitrogens is 2. The van der Waals surface area contributed by atoms with Crippen molar-refractivity contribution in [3.63, 3.8) is 0 Å². The van der Waals surface area contributed by atoms with Crippen molar-refractivity contribution >= 4 is 11.6 Å². The smallest absolute Gasteiger partial charge is 0.161 e. The van der Waals surface area contributed by atoms with Gasteiger partial charge in [0.1, 0.15) is 17.5 Å². The summed E-state index contributed by atoms with van der Waals surface area (Å²) in [4.78, 5) is 14.0. The zero-order valence-corrected chi connectivity index (χ0v) is 16.7. The molecule has 1 fully saturated rings. The molecule has 0 spiro atoms. The van der Waals surface area contributed by atoms with Crippen molar-refractivity contribution < 1.29 is 9.47 Å². The molecule has 0 amide bonds. The fourth-order valence-corrected chi connectivity index (χ4v) is 3.28. The Balaban J connectivity index is 1.68. The highest BCUT2D eigenvalue weighted by Crippen LogP contribution is 2.28. The molecule has 1 aromatic heterocycles. The van der Waals surface area contributed by atoms with Gasteiger partial charge in [-0.1, -0.05) is 13.0 Å². The molecular weight excluding hydrogens is 342 g/mol. The van der Waals surface area contributed by atoms with E-state index in [-0.39, 0.29) is 0 Å². The van der Waals surface area contributed by atoms with Crippen LogP contribution in [0.3, 0.4) is 0 Å². The molecule has 0 unspecified atom stereocenters. The van der Waals surface area contributed by atoms with Crippen LogP contribution < -0.4 is 19.7 Å². The summed E-state index contributed by atoms with van der Waals surface area (Å²) in [6.07, 6.45) is 0. The number of hydrogen-bond acceptors (Lipinski definition) is 7. The highest BCUT2D eigenvalue weighted by molar-refractivity contribution is 5.50. The Morgan fingerprint density at radius 1 is 1.00 bits per heavy atom. The van der Waals surface area contributed by atoms with Gasteiger partial charge >= 0.3 is 0 Å². The summed E-state index contributed by atoms with van der Waals surface area (Å²) in [6, 6.07) is 7.95. The average Bonchev–Trinajstić information content (AvgIpc) is 2.71. The van der Waals surface area contributed by atoms with Crippen molar-refractivity contribution in [1.29, 1.82) is 0 Å². The maximum absolute atomic E-state index is 5.38. The number of ether oxygens (including phenoxy) is 2. The second-order valence-corrected chi connectivity index (χ2v) is 6.62. The van der Waals surface area contributed by atoms with Crippen LogP contribution in [-0.2, 0) is 6.54 Å². The molecule has 27 heavy (non-hydrogen) atoms. The van der Waals surface area contributed by atoms with Gasteiger partial charge in [0.25, 0.3) is 0 Å². The number of methoxy groups -OCH3 is 2. The summed E-state index contributed by atoms with van der Waals surface area (Å²) in [7, 11) is 3.29. The van der Waals surface area contributed by atoms with Crippen molar-refractivity contribution in [2.45, 2.75) is 20.4 Å². The molecule has 7 heteroatoms. The van der Waals surface area contributed by atoms with Gasteiger partial charge in [-0.2, -0.15) is 0 Å². The lowest BCUT2D eigenvalue weighted by atomic mass is 10.2. The van der Waals surface area contributed by atoms with Gasteiger partial charge in [-0.05, 0) is 31.2 Å². The summed E-state index contributed by atoms with van der Waals surface area (Å²) < 4.78 is 10.7. The number of nitrogens with zero attached hydrogens (tertiary/aromatic N) is 4. The predicted octanol–water partition coefficient (Wildman–Crippen LogP) is 2.56. The van der Waals surface area contributed by atoms with Gasteiger partial charge in [-0.15, -0.1) is 0 Å². The maximum Gasteiger partial charge on any atom is 0.161 e. The van der Waals surface area contributed by atoms with Crippen LogP contribution in [0.5, 0.6) is 11.5 Å². The highest BCUT2D eigenvalue weighted by atomic mass is 16.5. The molecule has 0 bridgehead atoms. The van der Waals surface area contributed by atoms with E-state index in [2.05, 4.69) is 32.0 Å². The zero-order valence-electron chi connectivity index (χ0n) is 16.7. The lowest BCUT2D eigenvalue weighted by molar-refractivity contribution is 0.270. The normalized spacial score (nSPS) is 14.9. The fraction of sp³-hybridized carbons (Fsp3) is 0.500. The van der Waals surface area contributed by atoms with E-state index in [1.165, 1.54) is 0 Å². The second kappa shape index (κ2) is 8.90. The third kappa shape index (κ3) is 4.80. The molecule has 3 rings (SSSR count). The van der Waals surface area contributed by atoms with Crippen molar-refractivity contribution in [3.8, 4) is 11.5 Å². The number of anilines is 2. The van der Waals surface area contributed by atoms with E-state index >= 15 is 0 Å². The molecule has 146 valence electrons. The lowest BCUT2D eigenvalue weighted by Gasteiger charge is -2.34. The van der Waals surface area contributed by atoms with Gasteiger partial charge < -0.3 is 24.6 Å². The van der Waals surface area contributed by atoms with E-state index in [9.17, 15) is 0 Å². The first-order chi connectivity index (χ1) is 13.1. The Kier molecular flexibility index (Phi) is 6.34. The topological polar surface area (TPSA) is 62.8 Å². The number of rotatable bonds is 7. The molecule has 7 nitrogen and oxygen atoms in total. The number of nitrogens with one attached hydrogen (secondary N) is 1. The van der Waals surface area contributed by atoms with Crippen molar-refractivity contribution in [3.05, 3.63) is 35.7 Å². The summed E-state index contributed by atoms with van der Waals surface area (Å²) in [5.41, 5.74) is 1.10. The summed E-state index contributed by atoms with van der Waals surface area (Å²) in [6.45, 7) is 10.1. The Labute approximate surface area is 161 Å². The number of benzene rings is 1. The number of piperazine rings is 1. The Hall–Kier alpha value is -2.54. The third-order valence-corrected chi connectivity index (χ3v) is 4.89. The Bertz CT molecular complexity index is 760. The highest BCUT2D eigenvalue weighted by Gasteiger charge is 2.17. The predicted molar refractivity (Wildman–Crippen MR) is 108 cm³/mol. The van der Waals surface area contributed by atoms with Crippen molar-refractivity contribution in [2.75, 3.05) is 57.2 Å². The number of likely N-dealkylation sites (N-methyl/N-ethyl adjacent to an activating group) is 1. The molecule has 1 aliphatic rings. The van der Waals surface area contributed by atoms with Gasteiger partial charge in [0.15, 0.2) is 11.5 Å². The van der Waals surface area contributed by atoms with Crippen molar-refractivity contribution in [1.82, 2.24) is 14.9 Å². The van der Waals surface area contributed by atoms with Crippen LogP contribution in [0, 0.1) is 6.92 Å². The summed E-state index contributed by atoms with van der Waals surface area (Å²) >= 11 is 0. The van der Waals surface area contributed by atoms with Gasteiger partial charge in [-0.25, -0.2) is 9.97 Å². The molecule has 0 atom stereocenters. The summed E-state index contributed by atoms with van der Waals surface area (Å²) in [5.74, 6) is 4.07. The second-order valence-electron chi connectivity index (χ2n) is 6.62. The molecular formula is C20H29N5O2. The average molecular weight is 371 g/mol. The van der Waals surface area contributed by atoms with E-state index in [1.54, 1.807) is 14.2 Å². The van der Waals surface area contributed by atoms with Crippen LogP contribution in [0.1, 0.15) is 18.3 Å². The monoisotopic (exact) mass is 371 g/mol. The Morgan fingerprint density at radius 3 is 2.41 bits per heavy atom. The molecule has 0 saturated carbocycles. The van der Waals surface area contributed by atoms with Crippen LogP contribution in [0.25, 0.3) is 0 Å². The lowest BCUT2D eigenvalue weighted by Crippen LogP contribution is -2.46. The van der Waals surface area contributed by atoms with E-state index in [0.717, 1.165) is 67.2 Å². The van der Waals surface area contributed by atoms with Gasteiger partial charge in [0.05, 0.1) is 14.2 Å². The summed E-state index contributed by atoms with van der Waals surface area (Å²) in [5, 5.41) is 3.41. The van der Waals surface area contributed by atoms with Crippen LogP contribution >= 0.6 is 0 Å². The van der Waals surface area contributed by atoms with Gasteiger partial charge in [0, 0.05) is 38.8 Å². The van der Waals surface area contributed by atoms with E-state index in [0.29, 0.717) is 6.54 Å². The number of aryl methyl sites for hydroxylation is 1. The van der Waals surface area contributed by atoms with Gasteiger partial charge in [0.2, 0.25) is 0 Å². The standard InChI is InChI=1S/C20H29N5O2/c1-5-24-8-10-25(11-9-24)20-13-19(22-15(2)23-20)21-14-16-6-7-17(26-3)18(12-16)27-4/h6-7,12-13H,5,8-11,14H2,1-4H3,(H,21,22,23). The molecule has 2 aromatic rings. The SMILES string of the molecule is CCN1CCN(c2cc(NCc3ccc(OC)c(OC)c3)nc(C)n2)CC1. The minimum absolute atomic E-state index is 0.653. The quantitative estimate of drug-likeness (QED) is 0.802. The first-order valence-corrected chi connectivity index (χ1v) is 9.40. The van der Waals surface area contributed by atoms with Crippen LogP contribution in [0.15, 0.2) is 24.3 Å². The molecule has 2 heterocycles. The van der Waals surface area contributed by atoms with E-state index in [1.807, 2.05) is 31.2 Å². The van der Waals surface area contributed by atoms with Crippen molar-refractivity contribution in [2.24, 2.45) is 0 Å². The van der Waals surface area contributed by atoms with Crippen LogP contribution in [0.2, 0.25) is 0 Å². The first-order valence-electron chi connectivity index (χ1n) is 9.40. The number of hydrogen-bond donors (Lipinski definition) is 1. The Morgan fingerprint density at radius 2 is 1.74 bits per heavy atom. The molecule has 1 aliphatic heterocycles. The molecule has 1 saturated heterocycles. The molecule has 1 aromatic carbocycles. The molecule has 0 radical (unpaired) electrons. The van der Waals surface area contributed by atoms with Gasteiger partial charge in [-0.3, -0.25) is 0 Å². The van der Waals surface area contributed by atoms with E-state index < -0.39 is 0 Å². The largest absolute Gasteiger partial charge is 0.493 e. The maximum atomic E-state index is 5.38. The minimum atomic E-state index is 0.653. The third-order valence-electron chi connectivity index (χ3n) is 4.89. The fourth-order valence-electron chi connectivity index (χ4n) is 3.28. The van der Waals surface area contributed by atoms with Crippen LogP contribution in [0.4, 0.5) is 11.6 Å². The first kappa shape index (κ1) is 19.2. The minimum Gasteiger partial charge on any atom is -0.493 e. The zero-order chi connectivity index (χ0) is 19.2. The molecule has 1 N–H and O–H groups in total. The molecule has 0 aliphatic carbocycles. The van der Waals surface area contributed by atoms with Crippen LogP contribution in [-0.4, -0.2) is 61.8 Å². The van der Waals surface area contributed by atoms with E-state index in [4.69, 9.17) is 9.47 Å².